The van der Waals surface area contributed by atoms with E-state index < -0.39 is 12.3 Å². The van der Waals surface area contributed by atoms with Crippen molar-refractivity contribution >= 4 is 23.3 Å². The van der Waals surface area contributed by atoms with Crippen molar-refractivity contribution in [3.8, 4) is 11.5 Å². The van der Waals surface area contributed by atoms with Gasteiger partial charge in [-0.1, -0.05) is 25.1 Å². The Morgan fingerprint density at radius 3 is 2.54 bits per heavy atom. The number of fused-ring (bicyclic) bond motifs is 1. The third-order valence-corrected chi connectivity index (χ3v) is 4.05. The average Bonchev–Trinajstić information content (AvgIpc) is 2.95. The molecule has 0 aromatic heterocycles. The number of para-hydroxylation sites is 1. The summed E-state index contributed by atoms with van der Waals surface area (Å²) in [5.74, 6) is -0.659. The average molecular weight is 391 g/mol. The predicted octanol–water partition coefficient (Wildman–Crippen LogP) is 3.67. The number of hydrogen-bond donors (Lipinski definition) is 2. The number of nitrogens with zero attached hydrogens (tertiary/aromatic N) is 1. The molecular weight excluding hydrogens is 372 g/mol. The third kappa shape index (κ3) is 4.48. The lowest BCUT2D eigenvalue weighted by Crippen LogP contribution is -2.37. The molecule has 9 heteroatoms. The van der Waals surface area contributed by atoms with Crippen LogP contribution in [0.15, 0.2) is 42.5 Å². The number of ether oxygens (including phenoxy) is 2. The van der Waals surface area contributed by atoms with Gasteiger partial charge in [-0.05, 0) is 30.2 Å². The van der Waals surface area contributed by atoms with Crippen molar-refractivity contribution in [2.75, 3.05) is 24.2 Å². The molecule has 3 amide bonds. The lowest BCUT2D eigenvalue weighted by molar-refractivity contribution is -0.286. The van der Waals surface area contributed by atoms with Crippen molar-refractivity contribution in [2.45, 2.75) is 19.6 Å². The molecule has 28 heavy (non-hydrogen) atoms. The zero-order valence-electron chi connectivity index (χ0n) is 15.3. The maximum absolute atomic E-state index is 13.1. The molecule has 3 rings (SSSR count). The number of aryl methyl sites for hydroxylation is 1. The van der Waals surface area contributed by atoms with Gasteiger partial charge in [0.15, 0.2) is 11.5 Å². The molecule has 0 radical (unpaired) electrons. The van der Waals surface area contributed by atoms with E-state index in [1.165, 1.54) is 30.1 Å². The van der Waals surface area contributed by atoms with E-state index in [4.69, 9.17) is 0 Å². The van der Waals surface area contributed by atoms with Crippen molar-refractivity contribution in [3.05, 3.63) is 48.0 Å². The minimum atomic E-state index is -3.73. The summed E-state index contributed by atoms with van der Waals surface area (Å²) in [6.07, 6.45) is -2.97. The molecule has 1 aliphatic heterocycles. The maximum atomic E-state index is 13.1. The summed E-state index contributed by atoms with van der Waals surface area (Å²) in [7, 11) is 1.45. The highest BCUT2D eigenvalue weighted by Crippen LogP contribution is 2.42. The number of halogens is 2. The van der Waals surface area contributed by atoms with Crippen molar-refractivity contribution in [1.82, 2.24) is 4.90 Å². The Hall–Kier alpha value is -3.36. The molecule has 0 atom stereocenters. The first-order valence-electron chi connectivity index (χ1n) is 8.57. The second-order valence-electron chi connectivity index (χ2n) is 6.17. The van der Waals surface area contributed by atoms with E-state index in [1.807, 2.05) is 25.1 Å². The molecule has 0 spiro atoms. The number of likely N-dealkylation sites (N-methyl/N-ethyl adjacent to an activating group) is 1. The second-order valence-corrected chi connectivity index (χ2v) is 6.17. The Morgan fingerprint density at radius 2 is 1.79 bits per heavy atom. The number of hydrogen-bond acceptors (Lipinski definition) is 4. The fourth-order valence-corrected chi connectivity index (χ4v) is 2.67. The molecule has 0 saturated carbocycles. The number of carbonyl (C=O) groups excluding carboxylic acids is 2. The van der Waals surface area contributed by atoms with Gasteiger partial charge in [-0.15, -0.1) is 8.78 Å². The molecule has 7 nitrogen and oxygen atoms in total. The molecule has 0 unspecified atom stereocenters. The minimum absolute atomic E-state index is 0.120. The van der Waals surface area contributed by atoms with E-state index in [0.717, 1.165) is 12.0 Å². The van der Waals surface area contributed by atoms with Crippen LogP contribution in [0, 0.1) is 0 Å². The number of carbonyl (C=O) groups is 2. The fraction of sp³-hybridized carbons (Fsp3) is 0.263. The van der Waals surface area contributed by atoms with E-state index >= 15 is 0 Å². The predicted molar refractivity (Wildman–Crippen MR) is 98.7 cm³/mol. The van der Waals surface area contributed by atoms with Crippen LogP contribution in [-0.2, 0) is 11.2 Å². The largest absolute Gasteiger partial charge is 0.586 e. The number of nitrogens with one attached hydrogen (secondary N) is 2. The molecule has 2 N–H and O–H groups in total. The maximum Gasteiger partial charge on any atom is 0.586 e. The van der Waals surface area contributed by atoms with Gasteiger partial charge in [0.2, 0.25) is 5.91 Å². The Kier molecular flexibility index (Phi) is 5.34. The molecule has 2 aromatic rings. The van der Waals surface area contributed by atoms with Crippen LogP contribution < -0.4 is 20.1 Å². The number of anilines is 2. The van der Waals surface area contributed by atoms with Gasteiger partial charge in [0, 0.05) is 24.5 Å². The summed E-state index contributed by atoms with van der Waals surface area (Å²) in [6.45, 7) is 1.79. The summed E-state index contributed by atoms with van der Waals surface area (Å²) in [5.41, 5.74) is 1.91. The molecule has 0 fully saturated rings. The molecular formula is C19H19F2N3O4. The van der Waals surface area contributed by atoms with Gasteiger partial charge in [-0.3, -0.25) is 4.79 Å². The molecule has 0 aliphatic carbocycles. The zero-order valence-corrected chi connectivity index (χ0v) is 15.3. The van der Waals surface area contributed by atoms with Crippen LogP contribution in [0.3, 0.4) is 0 Å². The van der Waals surface area contributed by atoms with Gasteiger partial charge in [0.05, 0.1) is 0 Å². The van der Waals surface area contributed by atoms with Gasteiger partial charge in [-0.2, -0.15) is 0 Å². The highest BCUT2D eigenvalue weighted by molar-refractivity contribution is 5.97. The van der Waals surface area contributed by atoms with Gasteiger partial charge in [0.25, 0.3) is 0 Å². The van der Waals surface area contributed by atoms with E-state index in [2.05, 4.69) is 20.1 Å². The fourth-order valence-electron chi connectivity index (χ4n) is 2.67. The zero-order chi connectivity index (χ0) is 20.3. The van der Waals surface area contributed by atoms with E-state index in [0.29, 0.717) is 5.69 Å². The molecule has 2 aromatic carbocycles. The lowest BCUT2D eigenvalue weighted by Gasteiger charge is -2.18. The van der Waals surface area contributed by atoms with Crippen LogP contribution >= 0.6 is 0 Å². The summed E-state index contributed by atoms with van der Waals surface area (Å²) < 4.78 is 34.7. The van der Waals surface area contributed by atoms with Crippen LogP contribution in [0.2, 0.25) is 0 Å². The summed E-state index contributed by atoms with van der Waals surface area (Å²) in [6, 6.07) is 10.7. The van der Waals surface area contributed by atoms with Crippen LogP contribution in [0.4, 0.5) is 25.0 Å². The van der Waals surface area contributed by atoms with Crippen molar-refractivity contribution in [2.24, 2.45) is 0 Å². The Labute approximate surface area is 160 Å². The van der Waals surface area contributed by atoms with Gasteiger partial charge < -0.3 is 25.0 Å². The topological polar surface area (TPSA) is 79.9 Å². The van der Waals surface area contributed by atoms with Crippen LogP contribution in [-0.4, -0.2) is 36.7 Å². The molecule has 0 bridgehead atoms. The minimum Gasteiger partial charge on any atom is -0.395 e. The van der Waals surface area contributed by atoms with Crippen molar-refractivity contribution < 1.29 is 27.8 Å². The normalized spacial score (nSPS) is 13.7. The monoisotopic (exact) mass is 391 g/mol. The molecule has 148 valence electrons. The van der Waals surface area contributed by atoms with Gasteiger partial charge >= 0.3 is 12.3 Å². The number of urea groups is 1. The number of rotatable bonds is 5. The summed E-state index contributed by atoms with van der Waals surface area (Å²) in [5, 5.41) is 5.29. The molecule has 0 saturated heterocycles. The first kappa shape index (κ1) is 19.4. The van der Waals surface area contributed by atoms with Crippen LogP contribution in [0.5, 0.6) is 11.5 Å². The van der Waals surface area contributed by atoms with Crippen LogP contribution in [0.1, 0.15) is 12.5 Å². The van der Waals surface area contributed by atoms with E-state index in [1.54, 1.807) is 6.07 Å². The Bertz CT molecular complexity index is 904. The van der Waals surface area contributed by atoms with E-state index in [9.17, 15) is 18.4 Å². The molecule has 1 heterocycles. The standard InChI is InChI=1S/C19H19F2N3O4/c1-3-12-6-4-5-7-14(12)23-17(25)11-24(2)18(26)22-13-8-9-15-16(10-13)28-19(20,21)27-15/h4-10H,3,11H2,1-2H3,(H,22,26)(H,23,25). The number of amides is 3. The quantitative estimate of drug-likeness (QED) is 0.815. The van der Waals surface area contributed by atoms with Gasteiger partial charge in [-0.25, -0.2) is 4.79 Å². The number of benzene rings is 2. The SMILES string of the molecule is CCc1ccccc1NC(=O)CN(C)C(=O)Nc1ccc2c(c1)OC(F)(F)O2. The summed E-state index contributed by atoms with van der Waals surface area (Å²) >= 11 is 0. The van der Waals surface area contributed by atoms with Crippen molar-refractivity contribution in [1.29, 1.82) is 0 Å². The smallest absolute Gasteiger partial charge is 0.395 e. The third-order valence-electron chi connectivity index (χ3n) is 4.05. The highest BCUT2D eigenvalue weighted by Gasteiger charge is 2.43. The van der Waals surface area contributed by atoms with Gasteiger partial charge in [0.1, 0.15) is 6.54 Å². The Balaban J connectivity index is 1.57. The first-order chi connectivity index (χ1) is 13.3. The van der Waals surface area contributed by atoms with E-state index in [-0.39, 0.29) is 29.6 Å². The lowest BCUT2D eigenvalue weighted by atomic mass is 10.1. The second kappa shape index (κ2) is 7.71. The van der Waals surface area contributed by atoms with Crippen LogP contribution in [0.25, 0.3) is 0 Å². The highest BCUT2D eigenvalue weighted by atomic mass is 19.3. The summed E-state index contributed by atoms with van der Waals surface area (Å²) in [4.78, 5) is 25.7. The molecule has 1 aliphatic rings. The Morgan fingerprint density at radius 1 is 1.07 bits per heavy atom. The number of alkyl halides is 2. The van der Waals surface area contributed by atoms with Crippen molar-refractivity contribution in [3.63, 3.8) is 0 Å². The first-order valence-corrected chi connectivity index (χ1v) is 8.57.